The van der Waals surface area contributed by atoms with Crippen LogP contribution in [0.4, 0.5) is 23.2 Å². The van der Waals surface area contributed by atoms with E-state index in [9.17, 15) is 22.4 Å². The van der Waals surface area contributed by atoms with E-state index in [0.717, 1.165) is 24.6 Å². The first-order chi connectivity index (χ1) is 12.8. The SMILES string of the molecule is O=C(Nc1cc(C(F)(F)F)ccc1F)C1CCCN(Cc2ccccc2)C1. The minimum absolute atomic E-state index is 0.392. The summed E-state index contributed by atoms with van der Waals surface area (Å²) in [6, 6.07) is 11.8. The van der Waals surface area contributed by atoms with E-state index in [2.05, 4.69) is 10.2 Å². The number of likely N-dealkylation sites (tertiary alicyclic amines) is 1. The number of carbonyl (C=O) groups is 1. The molecule has 0 spiro atoms. The number of nitrogens with zero attached hydrogens (tertiary/aromatic N) is 1. The molecule has 2 aromatic rings. The molecule has 1 N–H and O–H groups in total. The van der Waals surface area contributed by atoms with Crippen molar-refractivity contribution in [2.24, 2.45) is 5.92 Å². The maximum absolute atomic E-state index is 13.9. The lowest BCUT2D eigenvalue weighted by Crippen LogP contribution is -2.40. The molecule has 0 radical (unpaired) electrons. The Kier molecular flexibility index (Phi) is 5.79. The molecule has 1 amide bonds. The number of piperidine rings is 1. The monoisotopic (exact) mass is 380 g/mol. The van der Waals surface area contributed by atoms with E-state index in [1.807, 2.05) is 30.3 Å². The van der Waals surface area contributed by atoms with Crippen LogP contribution in [0.15, 0.2) is 48.5 Å². The number of nitrogens with one attached hydrogen (secondary N) is 1. The van der Waals surface area contributed by atoms with E-state index in [4.69, 9.17) is 0 Å². The van der Waals surface area contributed by atoms with E-state index >= 15 is 0 Å². The van der Waals surface area contributed by atoms with E-state index < -0.39 is 35.1 Å². The van der Waals surface area contributed by atoms with E-state index in [1.165, 1.54) is 0 Å². The van der Waals surface area contributed by atoms with Crippen LogP contribution in [0.3, 0.4) is 0 Å². The third-order valence-corrected chi connectivity index (χ3v) is 4.68. The van der Waals surface area contributed by atoms with Gasteiger partial charge in [0.2, 0.25) is 5.91 Å². The molecule has 1 fully saturated rings. The fraction of sp³-hybridized carbons (Fsp3) is 0.350. The van der Waals surface area contributed by atoms with Gasteiger partial charge in [-0.15, -0.1) is 0 Å². The highest BCUT2D eigenvalue weighted by molar-refractivity contribution is 5.93. The van der Waals surface area contributed by atoms with Crippen molar-refractivity contribution in [3.05, 3.63) is 65.5 Å². The molecule has 1 saturated heterocycles. The molecule has 1 heterocycles. The van der Waals surface area contributed by atoms with Gasteiger partial charge in [0.05, 0.1) is 17.2 Å². The summed E-state index contributed by atoms with van der Waals surface area (Å²) in [4.78, 5) is 14.6. The molecule has 3 nitrogen and oxygen atoms in total. The molecule has 144 valence electrons. The molecule has 2 aromatic carbocycles. The van der Waals surface area contributed by atoms with Crippen LogP contribution in [0.2, 0.25) is 0 Å². The van der Waals surface area contributed by atoms with E-state index in [1.54, 1.807) is 0 Å². The molecule has 3 rings (SSSR count). The number of halogens is 4. The Morgan fingerprint density at radius 3 is 2.59 bits per heavy atom. The van der Waals surface area contributed by atoms with Gasteiger partial charge in [0, 0.05) is 13.1 Å². The van der Waals surface area contributed by atoms with Gasteiger partial charge in [0.1, 0.15) is 5.82 Å². The van der Waals surface area contributed by atoms with Gasteiger partial charge < -0.3 is 5.32 Å². The average Bonchev–Trinajstić information content (AvgIpc) is 2.63. The van der Waals surface area contributed by atoms with Crippen molar-refractivity contribution in [2.45, 2.75) is 25.6 Å². The third kappa shape index (κ3) is 5.07. The lowest BCUT2D eigenvalue weighted by Gasteiger charge is -2.32. The number of alkyl halides is 3. The molecular weight excluding hydrogens is 360 g/mol. The fourth-order valence-corrected chi connectivity index (χ4v) is 3.29. The first kappa shape index (κ1) is 19.4. The molecule has 7 heteroatoms. The summed E-state index contributed by atoms with van der Waals surface area (Å²) >= 11 is 0. The molecule has 0 aliphatic carbocycles. The Morgan fingerprint density at radius 1 is 1.15 bits per heavy atom. The summed E-state index contributed by atoms with van der Waals surface area (Å²) in [6.07, 6.45) is -3.17. The lowest BCUT2D eigenvalue weighted by molar-refractivity contribution is -0.137. The standard InChI is InChI=1S/C20H20F4N2O/c21-17-9-8-16(20(22,23)24)11-18(17)25-19(27)15-7-4-10-26(13-15)12-14-5-2-1-3-6-14/h1-3,5-6,8-9,11,15H,4,7,10,12-13H2,(H,25,27). The van der Waals surface area contributed by atoms with Crippen LogP contribution in [-0.2, 0) is 17.5 Å². The normalized spacial score (nSPS) is 18.3. The van der Waals surface area contributed by atoms with Gasteiger partial charge in [-0.3, -0.25) is 9.69 Å². The minimum atomic E-state index is -4.59. The highest BCUT2D eigenvalue weighted by Crippen LogP contribution is 2.32. The zero-order valence-corrected chi connectivity index (χ0v) is 14.6. The largest absolute Gasteiger partial charge is 0.416 e. The van der Waals surface area contributed by atoms with Crippen LogP contribution < -0.4 is 5.32 Å². The summed E-state index contributed by atoms with van der Waals surface area (Å²) in [5.41, 5.74) is -0.300. The Labute approximate surface area is 155 Å². The lowest BCUT2D eigenvalue weighted by atomic mass is 9.96. The number of carbonyl (C=O) groups excluding carboxylic acids is 1. The Morgan fingerprint density at radius 2 is 1.89 bits per heavy atom. The molecular formula is C20H20F4N2O. The van der Waals surface area contributed by atoms with Gasteiger partial charge in [-0.2, -0.15) is 13.2 Å². The fourth-order valence-electron chi connectivity index (χ4n) is 3.29. The quantitative estimate of drug-likeness (QED) is 0.780. The highest BCUT2D eigenvalue weighted by Gasteiger charge is 2.32. The number of amides is 1. The molecule has 1 atom stereocenters. The third-order valence-electron chi connectivity index (χ3n) is 4.68. The summed E-state index contributed by atoms with van der Waals surface area (Å²) in [6.45, 7) is 2.03. The van der Waals surface area contributed by atoms with Gasteiger partial charge >= 0.3 is 6.18 Å². The number of rotatable bonds is 4. The van der Waals surface area contributed by atoms with Crippen LogP contribution in [0, 0.1) is 11.7 Å². The predicted molar refractivity (Wildman–Crippen MR) is 94.5 cm³/mol. The zero-order chi connectivity index (χ0) is 19.4. The summed E-state index contributed by atoms with van der Waals surface area (Å²) in [7, 11) is 0. The maximum Gasteiger partial charge on any atom is 0.416 e. The van der Waals surface area contributed by atoms with Gasteiger partial charge in [0.25, 0.3) is 0 Å². The first-order valence-corrected chi connectivity index (χ1v) is 8.77. The van der Waals surface area contributed by atoms with Gasteiger partial charge in [0.15, 0.2) is 0 Å². The van der Waals surface area contributed by atoms with Gasteiger partial charge in [-0.25, -0.2) is 4.39 Å². The second-order valence-electron chi connectivity index (χ2n) is 6.74. The number of hydrogen-bond donors (Lipinski definition) is 1. The smallest absolute Gasteiger partial charge is 0.323 e. The van der Waals surface area contributed by atoms with Crippen molar-refractivity contribution < 1.29 is 22.4 Å². The zero-order valence-electron chi connectivity index (χ0n) is 14.6. The number of hydrogen-bond acceptors (Lipinski definition) is 2. The Hall–Kier alpha value is -2.41. The van der Waals surface area contributed by atoms with Crippen LogP contribution in [0.1, 0.15) is 24.0 Å². The second-order valence-corrected chi connectivity index (χ2v) is 6.74. The van der Waals surface area contributed by atoms with E-state index in [0.29, 0.717) is 31.6 Å². The van der Waals surface area contributed by atoms with Gasteiger partial charge in [-0.1, -0.05) is 30.3 Å². The van der Waals surface area contributed by atoms with E-state index in [-0.39, 0.29) is 0 Å². The van der Waals surface area contributed by atoms with Crippen molar-refractivity contribution in [3.8, 4) is 0 Å². The van der Waals surface area contributed by atoms with Crippen molar-refractivity contribution >= 4 is 11.6 Å². The number of benzene rings is 2. The maximum atomic E-state index is 13.9. The predicted octanol–water partition coefficient (Wildman–Crippen LogP) is 4.70. The minimum Gasteiger partial charge on any atom is -0.323 e. The molecule has 1 aliphatic heterocycles. The van der Waals surface area contributed by atoms with Crippen LogP contribution >= 0.6 is 0 Å². The molecule has 0 saturated carbocycles. The molecule has 1 unspecified atom stereocenters. The topological polar surface area (TPSA) is 32.3 Å². The van der Waals surface area contributed by atoms with Crippen molar-refractivity contribution in [3.63, 3.8) is 0 Å². The molecule has 27 heavy (non-hydrogen) atoms. The molecule has 0 aromatic heterocycles. The van der Waals surface area contributed by atoms with Crippen molar-refractivity contribution in [2.75, 3.05) is 18.4 Å². The van der Waals surface area contributed by atoms with Crippen molar-refractivity contribution in [1.29, 1.82) is 0 Å². The Bertz CT molecular complexity index is 792. The van der Waals surface area contributed by atoms with Crippen LogP contribution in [0.5, 0.6) is 0 Å². The molecule has 0 bridgehead atoms. The summed E-state index contributed by atoms with van der Waals surface area (Å²) < 4.78 is 52.3. The summed E-state index contributed by atoms with van der Waals surface area (Å²) in [5.74, 6) is -1.73. The average molecular weight is 380 g/mol. The van der Waals surface area contributed by atoms with Crippen LogP contribution in [-0.4, -0.2) is 23.9 Å². The van der Waals surface area contributed by atoms with Crippen LogP contribution in [0.25, 0.3) is 0 Å². The number of anilines is 1. The second kappa shape index (κ2) is 8.08. The summed E-state index contributed by atoms with van der Waals surface area (Å²) in [5, 5.41) is 2.34. The first-order valence-electron chi connectivity index (χ1n) is 8.77. The highest BCUT2D eigenvalue weighted by atomic mass is 19.4. The van der Waals surface area contributed by atoms with Gasteiger partial charge in [-0.05, 0) is 43.1 Å². The van der Waals surface area contributed by atoms with Crippen molar-refractivity contribution in [1.82, 2.24) is 4.90 Å². The Balaban J connectivity index is 1.65. The molecule has 1 aliphatic rings.